The number of piperidine rings is 1. The van der Waals surface area contributed by atoms with Crippen LogP contribution in [0.2, 0.25) is 0 Å². The highest BCUT2D eigenvalue weighted by atomic mass is 32.1. The first-order valence-corrected chi connectivity index (χ1v) is 10.5. The van der Waals surface area contributed by atoms with Crippen molar-refractivity contribution in [2.24, 2.45) is 0 Å². The maximum atomic E-state index is 13.4. The van der Waals surface area contributed by atoms with E-state index in [-0.39, 0.29) is 5.82 Å². The average Bonchev–Trinajstić information content (AvgIpc) is 3.25. The van der Waals surface area contributed by atoms with Crippen LogP contribution in [0.15, 0.2) is 42.7 Å². The van der Waals surface area contributed by atoms with Crippen molar-refractivity contribution in [1.82, 2.24) is 24.7 Å². The zero-order valence-electron chi connectivity index (χ0n) is 16.0. The number of benzene rings is 1. The van der Waals surface area contributed by atoms with Crippen LogP contribution in [0.5, 0.6) is 0 Å². The van der Waals surface area contributed by atoms with Crippen LogP contribution in [0.3, 0.4) is 0 Å². The quantitative estimate of drug-likeness (QED) is 0.531. The van der Waals surface area contributed by atoms with Crippen LogP contribution in [-0.4, -0.2) is 38.5 Å². The van der Waals surface area contributed by atoms with Crippen LogP contribution >= 0.6 is 11.3 Å². The van der Waals surface area contributed by atoms with E-state index < -0.39 is 0 Å². The van der Waals surface area contributed by atoms with Gasteiger partial charge in [-0.25, -0.2) is 19.3 Å². The Morgan fingerprint density at radius 1 is 1.21 bits per heavy atom. The van der Waals surface area contributed by atoms with Gasteiger partial charge in [0.1, 0.15) is 11.5 Å². The average molecular weight is 409 g/mol. The fraction of sp³-hybridized carbons (Fsp3) is 0.286. The Kier molecular flexibility index (Phi) is 4.73. The SMILES string of the molecule is Cc1cn2c(-c3ccnc(N[C@@H]4CCCNC4)n3)c(-c3ccc(F)cc3)nc2s1. The van der Waals surface area contributed by atoms with Crippen molar-refractivity contribution in [3.8, 4) is 22.6 Å². The van der Waals surface area contributed by atoms with E-state index in [0.29, 0.717) is 12.0 Å². The van der Waals surface area contributed by atoms with E-state index in [4.69, 9.17) is 9.97 Å². The molecule has 0 saturated carbocycles. The standard InChI is InChI=1S/C21H21FN6S/c1-13-12-28-19(18(27-21(28)29-13)14-4-6-15(22)7-5-14)17-8-10-24-20(26-17)25-16-3-2-9-23-11-16/h4-8,10,12,16,23H,2-3,9,11H2,1H3,(H,24,25,26)/t16-/m1/s1. The van der Waals surface area contributed by atoms with Gasteiger partial charge in [0, 0.05) is 35.4 Å². The van der Waals surface area contributed by atoms with Crippen LogP contribution in [0.4, 0.5) is 10.3 Å². The summed E-state index contributed by atoms with van der Waals surface area (Å²) in [4.78, 5) is 16.1. The molecular weight excluding hydrogens is 387 g/mol. The molecule has 1 aliphatic heterocycles. The molecule has 6 nitrogen and oxygen atoms in total. The number of aromatic nitrogens is 4. The van der Waals surface area contributed by atoms with Gasteiger partial charge in [-0.15, -0.1) is 11.3 Å². The number of thiazole rings is 1. The number of anilines is 1. The Morgan fingerprint density at radius 3 is 2.86 bits per heavy atom. The molecule has 3 aromatic heterocycles. The summed E-state index contributed by atoms with van der Waals surface area (Å²) in [7, 11) is 0. The minimum Gasteiger partial charge on any atom is -0.350 e. The Bertz CT molecular complexity index is 1140. The predicted molar refractivity (Wildman–Crippen MR) is 114 cm³/mol. The molecule has 0 aliphatic carbocycles. The molecule has 0 spiro atoms. The topological polar surface area (TPSA) is 67.1 Å². The first-order chi connectivity index (χ1) is 14.2. The van der Waals surface area contributed by atoms with Crippen molar-refractivity contribution >= 4 is 22.2 Å². The zero-order chi connectivity index (χ0) is 19.8. The molecule has 1 fully saturated rings. The number of halogens is 1. The summed E-state index contributed by atoms with van der Waals surface area (Å²) < 4.78 is 15.5. The number of hydrogen-bond donors (Lipinski definition) is 2. The lowest BCUT2D eigenvalue weighted by molar-refractivity contribution is 0.478. The molecule has 0 amide bonds. The molecule has 4 aromatic rings. The van der Waals surface area contributed by atoms with Gasteiger partial charge in [0.2, 0.25) is 5.95 Å². The van der Waals surface area contributed by atoms with Crippen LogP contribution in [0.25, 0.3) is 27.6 Å². The maximum Gasteiger partial charge on any atom is 0.223 e. The third kappa shape index (κ3) is 3.61. The first kappa shape index (κ1) is 18.2. The normalized spacial score (nSPS) is 17.0. The van der Waals surface area contributed by atoms with E-state index >= 15 is 0 Å². The molecule has 8 heteroatoms. The number of fused-ring (bicyclic) bond motifs is 1. The van der Waals surface area contributed by atoms with E-state index in [9.17, 15) is 4.39 Å². The van der Waals surface area contributed by atoms with E-state index in [1.54, 1.807) is 29.7 Å². The molecule has 1 aliphatic rings. The van der Waals surface area contributed by atoms with E-state index in [1.165, 1.54) is 17.0 Å². The molecule has 29 heavy (non-hydrogen) atoms. The lowest BCUT2D eigenvalue weighted by Gasteiger charge is -2.23. The third-order valence-electron chi connectivity index (χ3n) is 5.09. The van der Waals surface area contributed by atoms with Gasteiger partial charge >= 0.3 is 0 Å². The number of aryl methyl sites for hydroxylation is 1. The van der Waals surface area contributed by atoms with E-state index in [0.717, 1.165) is 53.5 Å². The first-order valence-electron chi connectivity index (χ1n) is 9.72. The molecule has 0 unspecified atom stereocenters. The minimum absolute atomic E-state index is 0.262. The summed E-state index contributed by atoms with van der Waals surface area (Å²) in [6.45, 7) is 4.03. The smallest absolute Gasteiger partial charge is 0.223 e. The Labute approximate surface area is 171 Å². The number of hydrogen-bond acceptors (Lipinski definition) is 6. The molecule has 148 valence electrons. The van der Waals surface area contributed by atoms with E-state index in [1.807, 2.05) is 6.07 Å². The predicted octanol–water partition coefficient (Wildman–Crippen LogP) is 4.13. The molecule has 0 radical (unpaired) electrons. The van der Waals surface area contributed by atoms with Crippen molar-refractivity contribution in [3.63, 3.8) is 0 Å². The van der Waals surface area contributed by atoms with Crippen molar-refractivity contribution in [2.45, 2.75) is 25.8 Å². The summed E-state index contributed by atoms with van der Waals surface area (Å²) >= 11 is 1.62. The molecule has 2 N–H and O–H groups in total. The monoisotopic (exact) mass is 408 g/mol. The summed E-state index contributed by atoms with van der Waals surface area (Å²) in [6.07, 6.45) is 6.08. The summed E-state index contributed by atoms with van der Waals surface area (Å²) in [5.74, 6) is 0.352. The van der Waals surface area contributed by atoms with Crippen LogP contribution < -0.4 is 10.6 Å². The van der Waals surface area contributed by atoms with Gasteiger partial charge in [0.15, 0.2) is 4.96 Å². The molecular formula is C21H21FN6S. The highest BCUT2D eigenvalue weighted by Gasteiger charge is 2.20. The van der Waals surface area contributed by atoms with Gasteiger partial charge < -0.3 is 10.6 Å². The molecule has 0 bridgehead atoms. The van der Waals surface area contributed by atoms with E-state index in [2.05, 4.69) is 33.1 Å². The number of rotatable bonds is 4. The highest BCUT2D eigenvalue weighted by molar-refractivity contribution is 7.17. The number of nitrogens with zero attached hydrogens (tertiary/aromatic N) is 4. The Hall–Kier alpha value is -2.84. The van der Waals surface area contributed by atoms with Gasteiger partial charge in [-0.1, -0.05) is 0 Å². The van der Waals surface area contributed by atoms with Crippen molar-refractivity contribution in [2.75, 3.05) is 18.4 Å². The summed E-state index contributed by atoms with van der Waals surface area (Å²) in [6, 6.07) is 8.65. The lowest BCUT2D eigenvalue weighted by atomic mass is 10.1. The van der Waals surface area contributed by atoms with Crippen molar-refractivity contribution in [1.29, 1.82) is 0 Å². The van der Waals surface area contributed by atoms with Gasteiger partial charge in [-0.3, -0.25) is 4.40 Å². The molecule has 5 rings (SSSR count). The molecule has 1 saturated heterocycles. The van der Waals surface area contributed by atoms with Crippen LogP contribution in [-0.2, 0) is 0 Å². The largest absolute Gasteiger partial charge is 0.350 e. The second kappa shape index (κ2) is 7.53. The van der Waals surface area contributed by atoms with Gasteiger partial charge in [-0.2, -0.15) is 0 Å². The number of imidazole rings is 1. The van der Waals surface area contributed by atoms with Crippen molar-refractivity contribution < 1.29 is 4.39 Å². The van der Waals surface area contributed by atoms with Crippen LogP contribution in [0.1, 0.15) is 17.7 Å². The zero-order valence-corrected chi connectivity index (χ0v) is 16.8. The number of nitrogens with one attached hydrogen (secondary N) is 2. The Morgan fingerprint density at radius 2 is 2.07 bits per heavy atom. The second-order valence-corrected chi connectivity index (χ2v) is 8.48. The summed E-state index contributed by atoms with van der Waals surface area (Å²) in [5.41, 5.74) is 3.33. The fourth-order valence-corrected chi connectivity index (χ4v) is 4.55. The molecule has 4 heterocycles. The Balaban J connectivity index is 1.59. The second-order valence-electron chi connectivity index (χ2n) is 7.26. The fourth-order valence-electron chi connectivity index (χ4n) is 3.73. The third-order valence-corrected chi connectivity index (χ3v) is 5.99. The molecule has 1 aromatic carbocycles. The van der Waals surface area contributed by atoms with Crippen molar-refractivity contribution in [3.05, 3.63) is 53.4 Å². The van der Waals surface area contributed by atoms with Crippen LogP contribution in [0, 0.1) is 12.7 Å². The highest BCUT2D eigenvalue weighted by Crippen LogP contribution is 2.34. The summed E-state index contributed by atoms with van der Waals surface area (Å²) in [5, 5.41) is 6.84. The maximum absolute atomic E-state index is 13.4. The van der Waals surface area contributed by atoms with Gasteiger partial charge in [-0.05, 0) is 56.6 Å². The minimum atomic E-state index is -0.262. The molecule has 1 atom stereocenters. The van der Waals surface area contributed by atoms with Gasteiger partial charge in [0.05, 0.1) is 11.4 Å². The lowest BCUT2D eigenvalue weighted by Crippen LogP contribution is -2.38. The van der Waals surface area contributed by atoms with Gasteiger partial charge in [0.25, 0.3) is 0 Å².